The van der Waals surface area contributed by atoms with Crippen LogP contribution in [0.4, 0.5) is 5.69 Å². The fraction of sp³-hybridized carbons (Fsp3) is 0.179. The lowest BCUT2D eigenvalue weighted by Crippen LogP contribution is -2.39. The fourth-order valence-corrected chi connectivity index (χ4v) is 6.01. The molecular formula is C28H20ClN3O8S. The molecule has 0 N–H and O–H groups in total. The first-order valence-electron chi connectivity index (χ1n) is 12.4. The molecule has 2 aromatic carbocycles. The highest BCUT2D eigenvalue weighted by atomic mass is 35.5. The minimum absolute atomic E-state index is 0.0807. The molecule has 13 heteroatoms. The highest BCUT2D eigenvalue weighted by Crippen LogP contribution is 2.38. The van der Waals surface area contributed by atoms with E-state index in [1.54, 1.807) is 50.3 Å². The van der Waals surface area contributed by atoms with Crippen molar-refractivity contribution in [2.45, 2.75) is 19.9 Å². The molecule has 1 atom stereocenters. The number of esters is 1. The third-order valence-electron chi connectivity index (χ3n) is 6.56. The number of carbonyl (C=O) groups excluding carboxylic acids is 1. The van der Waals surface area contributed by atoms with E-state index in [0.717, 1.165) is 11.3 Å². The van der Waals surface area contributed by atoms with Crippen molar-refractivity contribution in [3.8, 4) is 22.8 Å². The number of furan rings is 1. The third kappa shape index (κ3) is 4.70. The zero-order valence-corrected chi connectivity index (χ0v) is 23.2. The maximum atomic E-state index is 13.8. The number of halogens is 1. The number of fused-ring (bicyclic) bond motifs is 2. The quantitative estimate of drug-likeness (QED) is 0.183. The second-order valence-electron chi connectivity index (χ2n) is 9.04. The number of aromatic nitrogens is 1. The van der Waals surface area contributed by atoms with Crippen LogP contribution in [-0.4, -0.2) is 28.9 Å². The molecule has 4 heterocycles. The van der Waals surface area contributed by atoms with Gasteiger partial charge in [0.15, 0.2) is 16.3 Å². The van der Waals surface area contributed by atoms with Gasteiger partial charge in [-0.1, -0.05) is 29.0 Å². The highest BCUT2D eigenvalue weighted by Gasteiger charge is 2.34. The van der Waals surface area contributed by atoms with Gasteiger partial charge in [-0.15, -0.1) is 0 Å². The van der Waals surface area contributed by atoms with Crippen molar-refractivity contribution >= 4 is 40.7 Å². The van der Waals surface area contributed by atoms with Gasteiger partial charge in [-0.05, 0) is 49.7 Å². The molecule has 2 aliphatic heterocycles. The first-order valence-corrected chi connectivity index (χ1v) is 13.6. The normalized spacial score (nSPS) is 16.0. The molecular weight excluding hydrogens is 574 g/mol. The monoisotopic (exact) mass is 593 g/mol. The molecule has 11 nitrogen and oxygen atoms in total. The molecule has 0 saturated carbocycles. The number of hydrogen-bond acceptors (Lipinski definition) is 10. The Balaban J connectivity index is 1.45. The predicted molar refractivity (Wildman–Crippen MR) is 149 cm³/mol. The Hall–Kier alpha value is -4.68. The summed E-state index contributed by atoms with van der Waals surface area (Å²) < 4.78 is 24.0. The number of hydrogen-bond donors (Lipinski definition) is 0. The van der Waals surface area contributed by atoms with E-state index in [1.165, 1.54) is 22.8 Å². The van der Waals surface area contributed by atoms with Gasteiger partial charge >= 0.3 is 5.97 Å². The SMILES string of the molecule is CCOC(=O)C1=C(C)N=c2s/c(=C/c3ccc(-c4ccc([N+](=O)[O-])cc4Cl)o3)c(=O)n2[C@@H]1c1ccc2c(c1)OCO2. The molecule has 208 valence electrons. The summed E-state index contributed by atoms with van der Waals surface area (Å²) in [6.07, 6.45) is 1.58. The summed E-state index contributed by atoms with van der Waals surface area (Å²) in [5, 5.41) is 11.2. The molecule has 2 aliphatic rings. The van der Waals surface area contributed by atoms with E-state index in [0.29, 0.717) is 49.2 Å². The first kappa shape index (κ1) is 26.5. The number of benzene rings is 2. The van der Waals surface area contributed by atoms with E-state index in [1.807, 2.05) is 0 Å². The molecule has 0 bridgehead atoms. The molecule has 0 amide bonds. The summed E-state index contributed by atoms with van der Waals surface area (Å²) in [7, 11) is 0. The number of ether oxygens (including phenoxy) is 3. The molecule has 0 spiro atoms. The van der Waals surface area contributed by atoms with Crippen LogP contribution < -0.4 is 24.4 Å². The van der Waals surface area contributed by atoms with E-state index >= 15 is 0 Å². The Kier molecular flexibility index (Phi) is 6.72. The lowest BCUT2D eigenvalue weighted by molar-refractivity contribution is -0.384. The average molecular weight is 594 g/mol. The summed E-state index contributed by atoms with van der Waals surface area (Å²) in [6.45, 7) is 3.65. The van der Waals surface area contributed by atoms with Crippen LogP contribution >= 0.6 is 22.9 Å². The van der Waals surface area contributed by atoms with Crippen LogP contribution in [-0.2, 0) is 9.53 Å². The van der Waals surface area contributed by atoms with Crippen LogP contribution in [0.5, 0.6) is 11.5 Å². The van der Waals surface area contributed by atoms with Gasteiger partial charge in [0, 0.05) is 23.8 Å². The van der Waals surface area contributed by atoms with Crippen molar-refractivity contribution in [1.82, 2.24) is 4.57 Å². The number of rotatable bonds is 6. The minimum atomic E-state index is -0.812. The summed E-state index contributed by atoms with van der Waals surface area (Å²) in [4.78, 5) is 42.4. The Morgan fingerprint density at radius 1 is 1.22 bits per heavy atom. The number of thiazole rings is 1. The van der Waals surface area contributed by atoms with Crippen LogP contribution in [0.25, 0.3) is 17.4 Å². The van der Waals surface area contributed by atoms with Crippen molar-refractivity contribution in [2.75, 3.05) is 13.4 Å². The molecule has 2 aromatic heterocycles. The van der Waals surface area contributed by atoms with Crippen molar-refractivity contribution in [1.29, 1.82) is 0 Å². The van der Waals surface area contributed by atoms with Crippen molar-refractivity contribution in [2.24, 2.45) is 4.99 Å². The van der Waals surface area contributed by atoms with Crippen LogP contribution in [0.3, 0.4) is 0 Å². The Labute approximate surface area is 240 Å². The smallest absolute Gasteiger partial charge is 0.338 e. The van der Waals surface area contributed by atoms with E-state index in [9.17, 15) is 19.7 Å². The van der Waals surface area contributed by atoms with E-state index in [2.05, 4.69) is 4.99 Å². The average Bonchev–Trinajstić information content (AvgIpc) is 3.67. The summed E-state index contributed by atoms with van der Waals surface area (Å²) in [5.74, 6) is 1.25. The maximum Gasteiger partial charge on any atom is 0.338 e. The molecule has 0 fully saturated rings. The van der Waals surface area contributed by atoms with Gasteiger partial charge in [0.25, 0.3) is 11.2 Å². The Morgan fingerprint density at radius 3 is 2.78 bits per heavy atom. The number of nitro benzene ring substituents is 1. The fourth-order valence-electron chi connectivity index (χ4n) is 4.71. The second kappa shape index (κ2) is 10.4. The number of nitro groups is 1. The van der Waals surface area contributed by atoms with Gasteiger partial charge in [0.05, 0.1) is 38.4 Å². The standard InChI is InChI=1S/C28H20ClN3O8S/c1-3-37-27(34)24-14(2)30-28-31(25(24)15-4-8-21-22(10-15)39-13-38-21)26(33)23(41-28)12-17-6-9-20(40-17)18-7-5-16(32(35)36)11-19(18)29/h4-12,25H,3,13H2,1-2H3/b23-12+/t25-/m1/s1. The van der Waals surface area contributed by atoms with Gasteiger partial charge in [0.2, 0.25) is 6.79 Å². The number of non-ortho nitro benzene ring substituents is 1. The number of allylic oxidation sites excluding steroid dienone is 1. The first-order chi connectivity index (χ1) is 19.7. The Bertz CT molecular complexity index is 1950. The van der Waals surface area contributed by atoms with Crippen molar-refractivity contribution < 1.29 is 28.3 Å². The van der Waals surface area contributed by atoms with E-state index in [-0.39, 0.29) is 35.2 Å². The zero-order chi connectivity index (χ0) is 28.8. The van der Waals surface area contributed by atoms with Gasteiger partial charge in [-0.2, -0.15) is 0 Å². The lowest BCUT2D eigenvalue weighted by atomic mass is 9.95. The third-order valence-corrected chi connectivity index (χ3v) is 7.85. The summed E-state index contributed by atoms with van der Waals surface area (Å²) in [5.41, 5.74) is 1.27. The molecule has 0 radical (unpaired) electrons. The Morgan fingerprint density at radius 2 is 2.02 bits per heavy atom. The van der Waals surface area contributed by atoms with Gasteiger partial charge in [0.1, 0.15) is 11.5 Å². The second-order valence-corrected chi connectivity index (χ2v) is 10.5. The molecule has 4 aromatic rings. The summed E-state index contributed by atoms with van der Waals surface area (Å²) in [6, 6.07) is 11.9. The van der Waals surface area contributed by atoms with Crippen LogP contribution in [0.1, 0.15) is 31.2 Å². The van der Waals surface area contributed by atoms with Gasteiger partial charge < -0.3 is 18.6 Å². The largest absolute Gasteiger partial charge is 0.463 e. The minimum Gasteiger partial charge on any atom is -0.463 e. The molecule has 6 rings (SSSR count). The van der Waals surface area contributed by atoms with Gasteiger partial charge in [-0.25, -0.2) is 9.79 Å². The number of carbonyl (C=O) groups is 1. The molecule has 0 saturated heterocycles. The maximum absolute atomic E-state index is 13.8. The van der Waals surface area contributed by atoms with Gasteiger partial charge in [-0.3, -0.25) is 19.5 Å². The molecule has 0 aliphatic carbocycles. The molecule has 0 unspecified atom stereocenters. The number of nitrogens with zero attached hydrogens (tertiary/aromatic N) is 3. The predicted octanol–water partition coefficient (Wildman–Crippen LogP) is 4.35. The zero-order valence-electron chi connectivity index (χ0n) is 21.6. The lowest BCUT2D eigenvalue weighted by Gasteiger charge is -2.24. The van der Waals surface area contributed by atoms with Crippen molar-refractivity contribution in [3.63, 3.8) is 0 Å². The van der Waals surface area contributed by atoms with Crippen LogP contribution in [0.15, 0.2) is 74.0 Å². The van der Waals surface area contributed by atoms with Crippen molar-refractivity contribution in [3.05, 3.63) is 106 Å². The molecule has 41 heavy (non-hydrogen) atoms. The highest BCUT2D eigenvalue weighted by molar-refractivity contribution is 7.07. The van der Waals surface area contributed by atoms with E-state index in [4.69, 9.17) is 30.2 Å². The van der Waals surface area contributed by atoms with Crippen LogP contribution in [0, 0.1) is 10.1 Å². The topological polar surface area (TPSA) is 135 Å². The summed E-state index contributed by atoms with van der Waals surface area (Å²) >= 11 is 7.41. The van der Waals surface area contributed by atoms with Crippen LogP contribution in [0.2, 0.25) is 5.02 Å². The van der Waals surface area contributed by atoms with E-state index < -0.39 is 16.9 Å².